The van der Waals surface area contributed by atoms with Crippen molar-refractivity contribution in [2.45, 2.75) is 26.7 Å². The zero-order valence-corrected chi connectivity index (χ0v) is 15.9. The summed E-state index contributed by atoms with van der Waals surface area (Å²) in [6.45, 7) is 6.79. The summed E-state index contributed by atoms with van der Waals surface area (Å²) in [5.41, 5.74) is 3.34. The van der Waals surface area contributed by atoms with Crippen LogP contribution in [-0.2, 0) is 0 Å². The number of nitrogens with zero attached hydrogens (tertiary/aromatic N) is 3. The summed E-state index contributed by atoms with van der Waals surface area (Å²) in [4.78, 5) is 23.4. The summed E-state index contributed by atoms with van der Waals surface area (Å²) in [5, 5.41) is 3.25. The molecule has 3 rings (SSSR count). The van der Waals surface area contributed by atoms with E-state index in [1.807, 2.05) is 55.5 Å². The minimum Gasteiger partial charge on any atom is -0.324 e. The molecule has 0 aliphatic heterocycles. The van der Waals surface area contributed by atoms with Gasteiger partial charge in [-0.1, -0.05) is 50.2 Å². The first-order valence-electron chi connectivity index (χ1n) is 9.16. The molecule has 1 amide bonds. The minimum absolute atomic E-state index is 0.147. The lowest BCUT2D eigenvalue weighted by Gasteiger charge is -2.20. The van der Waals surface area contributed by atoms with Crippen LogP contribution in [0.3, 0.4) is 0 Å². The van der Waals surface area contributed by atoms with Crippen molar-refractivity contribution in [1.29, 1.82) is 0 Å². The monoisotopic (exact) mass is 360 g/mol. The third-order valence-corrected chi connectivity index (χ3v) is 4.33. The van der Waals surface area contributed by atoms with Gasteiger partial charge in [0.2, 0.25) is 5.95 Å². The first kappa shape index (κ1) is 18.6. The molecule has 3 aromatic rings. The quantitative estimate of drug-likeness (QED) is 0.671. The molecule has 0 bridgehead atoms. The molecule has 0 spiro atoms. The van der Waals surface area contributed by atoms with Crippen LogP contribution in [0, 0.1) is 0 Å². The van der Waals surface area contributed by atoms with Crippen molar-refractivity contribution in [2.24, 2.45) is 0 Å². The third kappa shape index (κ3) is 4.31. The summed E-state index contributed by atoms with van der Waals surface area (Å²) in [7, 11) is 0. The molecule has 0 aliphatic rings. The number of nitrogens with one attached hydrogen (secondary N) is 1. The maximum absolute atomic E-state index is 13.0. The van der Waals surface area contributed by atoms with Crippen LogP contribution in [0.5, 0.6) is 0 Å². The van der Waals surface area contributed by atoms with Crippen molar-refractivity contribution < 1.29 is 4.79 Å². The molecule has 0 radical (unpaired) electrons. The predicted molar refractivity (Wildman–Crippen MR) is 110 cm³/mol. The summed E-state index contributed by atoms with van der Waals surface area (Å²) in [5.74, 6) is 0.636. The van der Waals surface area contributed by atoms with Crippen molar-refractivity contribution in [1.82, 2.24) is 9.97 Å². The molecule has 1 aromatic heterocycles. The van der Waals surface area contributed by atoms with Crippen molar-refractivity contribution in [2.75, 3.05) is 16.8 Å². The van der Waals surface area contributed by atoms with Gasteiger partial charge in [-0.25, -0.2) is 9.97 Å². The molecule has 0 saturated heterocycles. The number of carbonyl (C=O) groups excluding carboxylic acids is 1. The molecule has 1 heterocycles. The third-order valence-electron chi connectivity index (χ3n) is 4.33. The fourth-order valence-electron chi connectivity index (χ4n) is 2.96. The highest BCUT2D eigenvalue weighted by Gasteiger charge is 2.18. The van der Waals surface area contributed by atoms with E-state index >= 15 is 0 Å². The normalized spacial score (nSPS) is 10.7. The van der Waals surface area contributed by atoms with E-state index in [9.17, 15) is 4.79 Å². The van der Waals surface area contributed by atoms with E-state index in [-0.39, 0.29) is 5.91 Å². The van der Waals surface area contributed by atoms with Crippen molar-refractivity contribution in [3.63, 3.8) is 0 Å². The molecule has 1 N–H and O–H groups in total. The van der Waals surface area contributed by atoms with Crippen LogP contribution in [0.4, 0.5) is 17.3 Å². The molecule has 27 heavy (non-hydrogen) atoms. The maximum Gasteiger partial charge on any atom is 0.277 e. The molecule has 0 unspecified atom stereocenters. The summed E-state index contributed by atoms with van der Waals surface area (Å²) in [6.07, 6.45) is 1.61. The average Bonchev–Trinajstić information content (AvgIpc) is 2.70. The molecular formula is C22H24N4O. The van der Waals surface area contributed by atoms with Gasteiger partial charge in [-0.15, -0.1) is 0 Å². The van der Waals surface area contributed by atoms with Crippen LogP contribution in [0.15, 0.2) is 66.9 Å². The molecule has 0 aliphatic carbocycles. The van der Waals surface area contributed by atoms with E-state index < -0.39 is 0 Å². The molecule has 0 saturated carbocycles. The van der Waals surface area contributed by atoms with Crippen LogP contribution >= 0.6 is 0 Å². The number of amides is 1. The largest absolute Gasteiger partial charge is 0.324 e. The first-order chi connectivity index (χ1) is 13.1. The lowest BCUT2D eigenvalue weighted by Crippen LogP contribution is -2.31. The van der Waals surface area contributed by atoms with Gasteiger partial charge < -0.3 is 10.2 Å². The molecular weight excluding hydrogens is 336 g/mol. The molecule has 0 atom stereocenters. The Morgan fingerprint density at radius 1 is 1.04 bits per heavy atom. The fourth-order valence-corrected chi connectivity index (χ4v) is 2.96. The van der Waals surface area contributed by atoms with E-state index in [2.05, 4.69) is 35.2 Å². The Bertz CT molecular complexity index is 909. The second-order valence-electron chi connectivity index (χ2n) is 6.52. The van der Waals surface area contributed by atoms with E-state index in [4.69, 9.17) is 0 Å². The topological polar surface area (TPSA) is 58.1 Å². The number of hydrogen-bond donors (Lipinski definition) is 1. The Labute approximate surface area is 160 Å². The zero-order valence-electron chi connectivity index (χ0n) is 15.9. The van der Waals surface area contributed by atoms with Crippen LogP contribution in [0.25, 0.3) is 0 Å². The Balaban J connectivity index is 1.86. The highest BCUT2D eigenvalue weighted by Crippen LogP contribution is 2.25. The summed E-state index contributed by atoms with van der Waals surface area (Å²) in [6, 6.07) is 19.3. The Morgan fingerprint density at radius 2 is 1.74 bits per heavy atom. The van der Waals surface area contributed by atoms with E-state index in [0.717, 1.165) is 11.4 Å². The van der Waals surface area contributed by atoms with Crippen molar-refractivity contribution >= 4 is 23.2 Å². The highest BCUT2D eigenvalue weighted by molar-refractivity contribution is 6.04. The fraction of sp³-hybridized carbons (Fsp3) is 0.227. The number of anilines is 3. The van der Waals surface area contributed by atoms with Gasteiger partial charge in [-0.05, 0) is 42.7 Å². The predicted octanol–water partition coefficient (Wildman–Crippen LogP) is 5.01. The second kappa shape index (κ2) is 8.45. The number of hydrogen-bond acceptors (Lipinski definition) is 4. The summed E-state index contributed by atoms with van der Waals surface area (Å²) >= 11 is 0. The van der Waals surface area contributed by atoms with Gasteiger partial charge in [-0.2, -0.15) is 0 Å². The molecule has 0 fully saturated rings. The minimum atomic E-state index is -0.147. The van der Waals surface area contributed by atoms with Crippen molar-refractivity contribution in [3.05, 3.63) is 78.1 Å². The number of carbonyl (C=O) groups is 1. The van der Waals surface area contributed by atoms with Gasteiger partial charge >= 0.3 is 0 Å². The first-order valence-corrected chi connectivity index (χ1v) is 9.16. The van der Waals surface area contributed by atoms with Gasteiger partial charge in [0.15, 0.2) is 0 Å². The van der Waals surface area contributed by atoms with E-state index in [1.54, 1.807) is 17.2 Å². The van der Waals surface area contributed by atoms with Crippen LogP contribution in [0.2, 0.25) is 0 Å². The van der Waals surface area contributed by atoms with E-state index in [0.29, 0.717) is 24.1 Å². The highest BCUT2D eigenvalue weighted by atomic mass is 16.2. The van der Waals surface area contributed by atoms with Crippen LogP contribution in [0.1, 0.15) is 42.7 Å². The SMILES string of the molecule is CCN(C(=O)c1ccnc(Nc2ccccc2C(C)C)n1)c1ccccc1. The summed E-state index contributed by atoms with van der Waals surface area (Å²) < 4.78 is 0. The van der Waals surface area contributed by atoms with Gasteiger partial charge in [0.1, 0.15) is 5.69 Å². The molecule has 138 valence electrons. The lowest BCUT2D eigenvalue weighted by atomic mass is 10.0. The zero-order chi connectivity index (χ0) is 19.2. The number of aromatic nitrogens is 2. The maximum atomic E-state index is 13.0. The number of para-hydroxylation sites is 2. The smallest absolute Gasteiger partial charge is 0.277 e. The number of rotatable bonds is 6. The molecule has 2 aromatic carbocycles. The Morgan fingerprint density at radius 3 is 2.44 bits per heavy atom. The Kier molecular flexibility index (Phi) is 5.81. The van der Waals surface area contributed by atoms with Crippen molar-refractivity contribution in [3.8, 4) is 0 Å². The van der Waals surface area contributed by atoms with Gasteiger partial charge in [-0.3, -0.25) is 4.79 Å². The number of benzene rings is 2. The molecule has 5 nitrogen and oxygen atoms in total. The second-order valence-corrected chi connectivity index (χ2v) is 6.52. The average molecular weight is 360 g/mol. The van der Waals surface area contributed by atoms with Crippen LogP contribution < -0.4 is 10.2 Å². The lowest BCUT2D eigenvalue weighted by molar-refractivity contribution is 0.0983. The standard InChI is InChI=1S/C22H24N4O/c1-4-26(17-10-6-5-7-11-17)21(27)20-14-15-23-22(25-20)24-19-13-9-8-12-18(19)16(2)3/h5-16H,4H2,1-3H3,(H,23,24,25). The Hall–Kier alpha value is -3.21. The van der Waals surface area contributed by atoms with Gasteiger partial charge in [0.25, 0.3) is 5.91 Å². The van der Waals surface area contributed by atoms with Gasteiger partial charge in [0.05, 0.1) is 0 Å². The van der Waals surface area contributed by atoms with Crippen LogP contribution in [-0.4, -0.2) is 22.4 Å². The van der Waals surface area contributed by atoms with E-state index in [1.165, 1.54) is 5.56 Å². The molecule has 5 heteroatoms. The van der Waals surface area contributed by atoms with Gasteiger partial charge in [0, 0.05) is 24.1 Å².